The molecule has 0 unspecified atom stereocenters. The SMILES string of the molecule is CSc1c(F)cc(CC(=O)O)cc1Cl. The maximum absolute atomic E-state index is 13.3. The highest BCUT2D eigenvalue weighted by Crippen LogP contribution is 2.29. The third-order valence-electron chi connectivity index (χ3n) is 1.62. The summed E-state index contributed by atoms with van der Waals surface area (Å²) in [6.07, 6.45) is 1.49. The Balaban J connectivity index is 3.07. The molecule has 0 aliphatic rings. The number of aliphatic carboxylic acids is 1. The molecule has 1 aromatic carbocycles. The Morgan fingerprint density at radius 1 is 1.64 bits per heavy atom. The Kier molecular flexibility index (Phi) is 3.77. The molecule has 0 atom stereocenters. The molecular weight excluding hydrogens is 227 g/mol. The second-order valence-electron chi connectivity index (χ2n) is 2.66. The van der Waals surface area contributed by atoms with E-state index in [9.17, 15) is 9.18 Å². The number of thioether (sulfide) groups is 1. The number of hydrogen-bond acceptors (Lipinski definition) is 2. The van der Waals surface area contributed by atoms with E-state index in [0.717, 1.165) is 0 Å². The second-order valence-corrected chi connectivity index (χ2v) is 3.89. The summed E-state index contributed by atoms with van der Waals surface area (Å²) >= 11 is 6.96. The zero-order valence-electron chi connectivity index (χ0n) is 7.38. The topological polar surface area (TPSA) is 37.3 Å². The molecular formula is C9H8ClFO2S. The number of carboxylic acid groups (broad SMARTS) is 1. The van der Waals surface area contributed by atoms with Gasteiger partial charge in [-0.1, -0.05) is 11.6 Å². The van der Waals surface area contributed by atoms with Crippen LogP contribution in [0, 0.1) is 5.82 Å². The van der Waals surface area contributed by atoms with Crippen LogP contribution in [-0.2, 0) is 11.2 Å². The van der Waals surface area contributed by atoms with Gasteiger partial charge >= 0.3 is 5.97 Å². The molecule has 0 aliphatic heterocycles. The van der Waals surface area contributed by atoms with Crippen LogP contribution in [0.2, 0.25) is 5.02 Å². The first-order valence-corrected chi connectivity index (χ1v) is 5.38. The highest BCUT2D eigenvalue weighted by molar-refractivity contribution is 7.98. The van der Waals surface area contributed by atoms with Gasteiger partial charge in [0.25, 0.3) is 0 Å². The van der Waals surface area contributed by atoms with Crippen LogP contribution in [-0.4, -0.2) is 17.3 Å². The zero-order chi connectivity index (χ0) is 10.7. The minimum absolute atomic E-state index is 0.217. The van der Waals surface area contributed by atoms with Crippen LogP contribution in [0.4, 0.5) is 4.39 Å². The van der Waals surface area contributed by atoms with Gasteiger partial charge in [0.15, 0.2) is 0 Å². The first-order valence-electron chi connectivity index (χ1n) is 3.78. The minimum atomic E-state index is -1.00. The molecule has 0 aliphatic carbocycles. The average Bonchev–Trinajstić information content (AvgIpc) is 2.01. The molecule has 0 saturated heterocycles. The van der Waals surface area contributed by atoms with E-state index in [-0.39, 0.29) is 11.4 Å². The molecule has 2 nitrogen and oxygen atoms in total. The van der Waals surface area contributed by atoms with Crippen molar-refractivity contribution in [1.29, 1.82) is 0 Å². The van der Waals surface area contributed by atoms with E-state index in [2.05, 4.69) is 0 Å². The van der Waals surface area contributed by atoms with Gasteiger partial charge in [-0.05, 0) is 24.0 Å². The van der Waals surface area contributed by atoms with Gasteiger partial charge in [0.2, 0.25) is 0 Å². The van der Waals surface area contributed by atoms with Gasteiger partial charge in [0.05, 0.1) is 16.3 Å². The van der Waals surface area contributed by atoms with E-state index in [1.54, 1.807) is 6.26 Å². The Morgan fingerprint density at radius 3 is 2.71 bits per heavy atom. The molecule has 0 heterocycles. The third-order valence-corrected chi connectivity index (χ3v) is 2.85. The Bertz CT molecular complexity index is 345. The summed E-state index contributed by atoms with van der Waals surface area (Å²) in [7, 11) is 0. The number of benzene rings is 1. The normalized spacial score (nSPS) is 10.2. The Hall–Kier alpha value is -0.740. The lowest BCUT2D eigenvalue weighted by atomic mass is 10.1. The lowest BCUT2D eigenvalue weighted by Gasteiger charge is -2.04. The van der Waals surface area contributed by atoms with Gasteiger partial charge in [-0.25, -0.2) is 4.39 Å². The van der Waals surface area contributed by atoms with Gasteiger partial charge in [-0.3, -0.25) is 4.79 Å². The van der Waals surface area contributed by atoms with Crippen LogP contribution in [0.15, 0.2) is 17.0 Å². The van der Waals surface area contributed by atoms with Gasteiger partial charge in [-0.15, -0.1) is 11.8 Å². The van der Waals surface area contributed by atoms with Crippen molar-refractivity contribution in [2.24, 2.45) is 0 Å². The summed E-state index contributed by atoms with van der Waals surface area (Å²) < 4.78 is 13.3. The minimum Gasteiger partial charge on any atom is -0.481 e. The number of halogens is 2. The van der Waals surface area contributed by atoms with Crippen LogP contribution in [0.3, 0.4) is 0 Å². The van der Waals surface area contributed by atoms with E-state index in [1.807, 2.05) is 0 Å². The molecule has 5 heteroatoms. The first-order chi connectivity index (χ1) is 6.54. The highest BCUT2D eigenvalue weighted by Gasteiger charge is 2.10. The molecule has 0 fully saturated rings. The Morgan fingerprint density at radius 2 is 2.29 bits per heavy atom. The molecule has 76 valence electrons. The molecule has 14 heavy (non-hydrogen) atoms. The molecule has 0 aromatic heterocycles. The van der Waals surface area contributed by atoms with Crippen LogP contribution < -0.4 is 0 Å². The van der Waals surface area contributed by atoms with Crippen molar-refractivity contribution in [3.63, 3.8) is 0 Å². The fourth-order valence-electron chi connectivity index (χ4n) is 1.08. The summed E-state index contributed by atoms with van der Waals surface area (Å²) in [5.74, 6) is -1.47. The maximum Gasteiger partial charge on any atom is 0.307 e. The molecule has 0 bridgehead atoms. The van der Waals surface area contributed by atoms with Crippen molar-refractivity contribution >= 4 is 29.3 Å². The average molecular weight is 235 g/mol. The molecule has 1 rings (SSSR count). The van der Waals surface area contributed by atoms with E-state index in [1.165, 1.54) is 23.9 Å². The number of hydrogen-bond donors (Lipinski definition) is 1. The first kappa shape index (κ1) is 11.3. The maximum atomic E-state index is 13.3. The fourth-order valence-corrected chi connectivity index (χ4v) is 2.05. The molecule has 1 aromatic rings. The lowest BCUT2D eigenvalue weighted by molar-refractivity contribution is -0.136. The summed E-state index contributed by atoms with van der Waals surface area (Å²) in [4.78, 5) is 10.7. The third kappa shape index (κ3) is 2.62. The van der Waals surface area contributed by atoms with Crippen molar-refractivity contribution in [2.45, 2.75) is 11.3 Å². The summed E-state index contributed by atoms with van der Waals surface area (Å²) in [6, 6.07) is 2.68. The van der Waals surface area contributed by atoms with E-state index >= 15 is 0 Å². The quantitative estimate of drug-likeness (QED) is 0.818. The number of carbonyl (C=O) groups is 1. The highest BCUT2D eigenvalue weighted by atomic mass is 35.5. The zero-order valence-corrected chi connectivity index (χ0v) is 8.95. The van der Waals surface area contributed by atoms with Gasteiger partial charge in [0.1, 0.15) is 5.82 Å². The van der Waals surface area contributed by atoms with Crippen molar-refractivity contribution in [3.8, 4) is 0 Å². The molecule has 1 N–H and O–H groups in total. The van der Waals surface area contributed by atoms with Crippen molar-refractivity contribution < 1.29 is 14.3 Å². The lowest BCUT2D eigenvalue weighted by Crippen LogP contribution is -2.01. The largest absolute Gasteiger partial charge is 0.481 e. The van der Waals surface area contributed by atoms with E-state index in [4.69, 9.17) is 16.7 Å². The van der Waals surface area contributed by atoms with Crippen LogP contribution >= 0.6 is 23.4 Å². The molecule has 0 saturated carbocycles. The van der Waals surface area contributed by atoms with Crippen LogP contribution in [0.25, 0.3) is 0 Å². The Labute approximate surface area is 90.1 Å². The number of carboxylic acids is 1. The molecule has 0 spiro atoms. The van der Waals surface area contributed by atoms with Gasteiger partial charge < -0.3 is 5.11 Å². The predicted octanol–water partition coefficient (Wildman–Crippen LogP) is 2.83. The van der Waals surface area contributed by atoms with Gasteiger partial charge in [-0.2, -0.15) is 0 Å². The summed E-state index contributed by atoms with van der Waals surface area (Å²) in [6.45, 7) is 0. The van der Waals surface area contributed by atoms with Crippen molar-refractivity contribution in [3.05, 3.63) is 28.5 Å². The van der Waals surface area contributed by atoms with Crippen LogP contribution in [0.5, 0.6) is 0 Å². The van der Waals surface area contributed by atoms with E-state index in [0.29, 0.717) is 10.5 Å². The van der Waals surface area contributed by atoms with Crippen LogP contribution in [0.1, 0.15) is 5.56 Å². The smallest absolute Gasteiger partial charge is 0.307 e. The second kappa shape index (κ2) is 4.66. The van der Waals surface area contributed by atoms with E-state index < -0.39 is 11.8 Å². The number of rotatable bonds is 3. The van der Waals surface area contributed by atoms with Crippen molar-refractivity contribution in [1.82, 2.24) is 0 Å². The van der Waals surface area contributed by atoms with Crippen molar-refractivity contribution in [2.75, 3.05) is 6.26 Å². The molecule has 0 radical (unpaired) electrons. The standard InChI is InChI=1S/C9H8ClFO2S/c1-14-9-6(10)2-5(3-7(9)11)4-8(12)13/h2-3H,4H2,1H3,(H,12,13). The van der Waals surface area contributed by atoms with Gasteiger partial charge in [0, 0.05) is 0 Å². The summed E-state index contributed by atoms with van der Waals surface area (Å²) in [5, 5.41) is 8.76. The predicted molar refractivity (Wildman–Crippen MR) is 54.5 cm³/mol. The monoisotopic (exact) mass is 234 g/mol. The summed E-state index contributed by atoms with van der Waals surface area (Å²) in [5.41, 5.74) is 0.373. The molecule has 0 amide bonds. The fraction of sp³-hybridized carbons (Fsp3) is 0.222.